The van der Waals surface area contributed by atoms with Crippen molar-refractivity contribution < 1.29 is 18.0 Å². The van der Waals surface area contributed by atoms with Gasteiger partial charge in [-0.1, -0.05) is 0 Å². The first kappa shape index (κ1) is 12.2. The molecule has 0 aromatic carbocycles. The lowest BCUT2D eigenvalue weighted by Crippen LogP contribution is -2.07. The summed E-state index contributed by atoms with van der Waals surface area (Å²) in [5.74, 6) is 0.154. The highest BCUT2D eigenvalue weighted by atomic mass is 19.4. The predicted octanol–water partition coefficient (Wildman–Crippen LogP) is 2.37. The summed E-state index contributed by atoms with van der Waals surface area (Å²) in [6.07, 6.45) is -1.58. The Morgan fingerprint density at radius 1 is 1.11 bits per heavy atom. The summed E-state index contributed by atoms with van der Waals surface area (Å²) < 4.78 is 36.9. The molecule has 0 N–H and O–H groups in total. The molecule has 0 atom stereocenters. The number of pyridine rings is 1. The quantitative estimate of drug-likeness (QED) is 0.771. The smallest absolute Gasteiger partial charge is 0.296 e. The molecule has 2 rings (SSSR count). The van der Waals surface area contributed by atoms with Crippen molar-refractivity contribution in [1.29, 1.82) is 0 Å². The first-order valence-corrected chi connectivity index (χ1v) is 4.82. The molecular formula is C11H6F3N3O. The number of aldehydes is 1. The lowest BCUT2D eigenvalue weighted by Gasteiger charge is -2.05. The second-order valence-corrected chi connectivity index (χ2v) is 3.35. The van der Waals surface area contributed by atoms with Gasteiger partial charge >= 0.3 is 6.18 Å². The Labute approximate surface area is 99.5 Å². The average Bonchev–Trinajstić information content (AvgIpc) is 2.38. The van der Waals surface area contributed by atoms with Gasteiger partial charge in [-0.05, 0) is 18.2 Å². The van der Waals surface area contributed by atoms with E-state index in [4.69, 9.17) is 0 Å². The van der Waals surface area contributed by atoms with Crippen LogP contribution in [0.15, 0.2) is 30.6 Å². The van der Waals surface area contributed by atoms with Gasteiger partial charge in [-0.15, -0.1) is 0 Å². The van der Waals surface area contributed by atoms with Crippen molar-refractivity contribution in [3.63, 3.8) is 0 Å². The first-order chi connectivity index (χ1) is 8.50. The molecule has 0 unspecified atom stereocenters. The molecule has 0 aliphatic rings. The second-order valence-electron chi connectivity index (χ2n) is 3.35. The van der Waals surface area contributed by atoms with Crippen LogP contribution in [0, 0.1) is 0 Å². The molecule has 18 heavy (non-hydrogen) atoms. The van der Waals surface area contributed by atoms with Crippen molar-refractivity contribution in [3.8, 4) is 11.4 Å². The Bertz CT molecular complexity index is 566. The number of carbonyl (C=O) groups is 1. The standard InChI is InChI=1S/C11H6F3N3O/c12-11(13,14)9-2-1-7(5-16-9)10-15-4-3-8(6-18)17-10/h1-6H. The number of hydrogen-bond donors (Lipinski definition) is 0. The first-order valence-electron chi connectivity index (χ1n) is 4.82. The fourth-order valence-corrected chi connectivity index (χ4v) is 1.27. The molecule has 7 heteroatoms. The minimum atomic E-state index is -4.48. The number of rotatable bonds is 2. The third kappa shape index (κ3) is 2.50. The minimum Gasteiger partial charge on any atom is -0.296 e. The fourth-order valence-electron chi connectivity index (χ4n) is 1.27. The van der Waals surface area contributed by atoms with Gasteiger partial charge in [0.1, 0.15) is 11.4 Å². The maximum atomic E-state index is 12.3. The topological polar surface area (TPSA) is 55.7 Å². The van der Waals surface area contributed by atoms with Crippen molar-refractivity contribution in [2.24, 2.45) is 0 Å². The van der Waals surface area contributed by atoms with E-state index in [1.165, 1.54) is 18.3 Å². The van der Waals surface area contributed by atoms with E-state index in [1.54, 1.807) is 0 Å². The molecule has 4 nitrogen and oxygen atoms in total. The van der Waals surface area contributed by atoms with Gasteiger partial charge in [0.2, 0.25) is 0 Å². The van der Waals surface area contributed by atoms with E-state index in [0.29, 0.717) is 11.8 Å². The van der Waals surface area contributed by atoms with Crippen LogP contribution in [-0.4, -0.2) is 21.2 Å². The van der Waals surface area contributed by atoms with Gasteiger partial charge in [-0.25, -0.2) is 9.97 Å². The number of halogens is 3. The van der Waals surface area contributed by atoms with E-state index in [9.17, 15) is 18.0 Å². The Morgan fingerprint density at radius 2 is 1.89 bits per heavy atom. The van der Waals surface area contributed by atoms with Crippen LogP contribution in [0.4, 0.5) is 13.2 Å². The zero-order valence-electron chi connectivity index (χ0n) is 8.85. The molecule has 0 bridgehead atoms. The molecule has 2 heterocycles. The molecule has 0 saturated heterocycles. The Kier molecular flexibility index (Phi) is 3.05. The second kappa shape index (κ2) is 4.52. The van der Waals surface area contributed by atoms with Gasteiger partial charge in [0.05, 0.1) is 0 Å². The lowest BCUT2D eigenvalue weighted by molar-refractivity contribution is -0.141. The maximum absolute atomic E-state index is 12.3. The van der Waals surface area contributed by atoms with E-state index < -0.39 is 11.9 Å². The molecule has 2 aromatic heterocycles. The number of hydrogen-bond acceptors (Lipinski definition) is 4. The van der Waals surface area contributed by atoms with Crippen LogP contribution in [0.3, 0.4) is 0 Å². The average molecular weight is 253 g/mol. The predicted molar refractivity (Wildman–Crippen MR) is 55.7 cm³/mol. The Morgan fingerprint density at radius 3 is 2.44 bits per heavy atom. The van der Waals surface area contributed by atoms with E-state index in [1.807, 2.05) is 0 Å². The minimum absolute atomic E-state index is 0.153. The summed E-state index contributed by atoms with van der Waals surface area (Å²) in [6, 6.07) is 3.44. The van der Waals surface area contributed by atoms with Gasteiger partial charge < -0.3 is 0 Å². The summed E-state index contributed by atoms with van der Waals surface area (Å²) in [7, 11) is 0. The zero-order chi connectivity index (χ0) is 13.2. The summed E-state index contributed by atoms with van der Waals surface area (Å²) in [6.45, 7) is 0. The normalized spacial score (nSPS) is 11.3. The zero-order valence-corrected chi connectivity index (χ0v) is 8.85. The van der Waals surface area contributed by atoms with Crippen LogP contribution < -0.4 is 0 Å². The van der Waals surface area contributed by atoms with Crippen LogP contribution in [0.2, 0.25) is 0 Å². The van der Waals surface area contributed by atoms with Crippen molar-refractivity contribution in [1.82, 2.24) is 15.0 Å². The van der Waals surface area contributed by atoms with Gasteiger partial charge in [-0.3, -0.25) is 9.78 Å². The number of aromatic nitrogens is 3. The van der Waals surface area contributed by atoms with E-state index in [0.717, 1.165) is 12.3 Å². The van der Waals surface area contributed by atoms with Gasteiger partial charge in [0.15, 0.2) is 12.1 Å². The lowest BCUT2D eigenvalue weighted by atomic mass is 10.2. The van der Waals surface area contributed by atoms with E-state index in [2.05, 4.69) is 15.0 Å². The highest BCUT2D eigenvalue weighted by Gasteiger charge is 2.32. The molecule has 92 valence electrons. The largest absolute Gasteiger partial charge is 0.433 e. The van der Waals surface area contributed by atoms with Crippen LogP contribution in [0.25, 0.3) is 11.4 Å². The molecule has 0 spiro atoms. The molecule has 0 amide bonds. The molecule has 2 aromatic rings. The molecule has 0 radical (unpaired) electrons. The third-order valence-corrected chi connectivity index (χ3v) is 2.11. The molecule has 0 saturated carbocycles. The van der Waals surface area contributed by atoms with Gasteiger partial charge in [0.25, 0.3) is 0 Å². The summed E-state index contributed by atoms with van der Waals surface area (Å²) in [5.41, 5.74) is -0.524. The summed E-state index contributed by atoms with van der Waals surface area (Å²) in [4.78, 5) is 21.5. The Balaban J connectivity index is 2.37. The number of nitrogens with zero attached hydrogens (tertiary/aromatic N) is 3. The van der Waals surface area contributed by atoms with Crippen molar-refractivity contribution in [2.75, 3.05) is 0 Å². The fraction of sp³-hybridized carbons (Fsp3) is 0.0909. The molecule has 0 aliphatic heterocycles. The van der Waals surface area contributed by atoms with E-state index >= 15 is 0 Å². The van der Waals surface area contributed by atoms with Crippen LogP contribution in [0.5, 0.6) is 0 Å². The highest BCUT2D eigenvalue weighted by molar-refractivity contribution is 5.72. The van der Waals surface area contributed by atoms with Gasteiger partial charge in [0, 0.05) is 18.0 Å². The molecular weight excluding hydrogens is 247 g/mol. The monoisotopic (exact) mass is 253 g/mol. The van der Waals surface area contributed by atoms with Crippen molar-refractivity contribution in [3.05, 3.63) is 42.0 Å². The number of alkyl halides is 3. The molecule has 0 fully saturated rings. The SMILES string of the molecule is O=Cc1ccnc(-c2ccc(C(F)(F)F)nc2)n1. The van der Waals surface area contributed by atoms with Crippen LogP contribution in [0.1, 0.15) is 16.2 Å². The third-order valence-electron chi connectivity index (χ3n) is 2.11. The van der Waals surface area contributed by atoms with Crippen LogP contribution in [-0.2, 0) is 6.18 Å². The van der Waals surface area contributed by atoms with Crippen LogP contribution >= 0.6 is 0 Å². The van der Waals surface area contributed by atoms with E-state index in [-0.39, 0.29) is 11.5 Å². The Hall–Kier alpha value is -2.31. The number of carbonyl (C=O) groups excluding carboxylic acids is 1. The maximum Gasteiger partial charge on any atom is 0.433 e. The summed E-state index contributed by atoms with van der Waals surface area (Å²) in [5, 5.41) is 0. The molecule has 0 aliphatic carbocycles. The van der Waals surface area contributed by atoms with Gasteiger partial charge in [-0.2, -0.15) is 13.2 Å². The van der Waals surface area contributed by atoms with Crippen molar-refractivity contribution >= 4 is 6.29 Å². The summed E-state index contributed by atoms with van der Waals surface area (Å²) >= 11 is 0. The van der Waals surface area contributed by atoms with Crippen molar-refractivity contribution in [2.45, 2.75) is 6.18 Å². The highest BCUT2D eigenvalue weighted by Crippen LogP contribution is 2.28.